The molecule has 1 aliphatic carbocycles. The van der Waals surface area contributed by atoms with Gasteiger partial charge in [-0.2, -0.15) is 0 Å². The summed E-state index contributed by atoms with van der Waals surface area (Å²) in [5.74, 6) is 0.0730. The lowest BCUT2D eigenvalue weighted by Gasteiger charge is -2.24. The van der Waals surface area contributed by atoms with E-state index in [1.54, 1.807) is 12.1 Å². The van der Waals surface area contributed by atoms with E-state index in [9.17, 15) is 4.39 Å². The average molecular weight is 305 g/mol. The molecule has 2 nitrogen and oxygen atoms in total. The minimum absolute atomic E-state index is 0.135. The molecule has 0 spiro atoms. The molecule has 1 aromatic heterocycles. The predicted octanol–water partition coefficient (Wildman–Crippen LogP) is 3.73. The fourth-order valence-corrected chi connectivity index (χ4v) is 3.47. The van der Waals surface area contributed by atoms with Gasteiger partial charge < -0.3 is 5.32 Å². The van der Waals surface area contributed by atoms with Gasteiger partial charge in [-0.3, -0.25) is 4.98 Å². The van der Waals surface area contributed by atoms with E-state index in [1.807, 2.05) is 19.3 Å². The van der Waals surface area contributed by atoms with E-state index in [0.29, 0.717) is 22.9 Å². The molecule has 110 valence electrons. The number of hydrogen-bond donors (Lipinski definition) is 1. The van der Waals surface area contributed by atoms with Crippen LogP contribution in [0, 0.1) is 5.82 Å². The van der Waals surface area contributed by atoms with Crippen molar-refractivity contribution < 1.29 is 4.39 Å². The Labute approximate surface area is 129 Å². The van der Waals surface area contributed by atoms with Crippen LogP contribution in [0.3, 0.4) is 0 Å². The molecular formula is C17H18ClFN2. The van der Waals surface area contributed by atoms with Crippen molar-refractivity contribution >= 4 is 11.6 Å². The van der Waals surface area contributed by atoms with Gasteiger partial charge in [-0.1, -0.05) is 23.7 Å². The van der Waals surface area contributed by atoms with Gasteiger partial charge in [0.05, 0.1) is 0 Å². The molecule has 1 heterocycles. The quantitative estimate of drug-likeness (QED) is 0.931. The van der Waals surface area contributed by atoms with Crippen LogP contribution in [0.25, 0.3) is 0 Å². The normalized spacial score (nSPS) is 18.5. The highest BCUT2D eigenvalue weighted by molar-refractivity contribution is 6.31. The molecule has 0 saturated carbocycles. The van der Waals surface area contributed by atoms with Crippen molar-refractivity contribution in [2.75, 3.05) is 7.05 Å². The first kappa shape index (κ1) is 14.5. The second kappa shape index (κ2) is 6.12. The zero-order valence-corrected chi connectivity index (χ0v) is 12.7. The maximum Gasteiger partial charge on any atom is 0.127 e. The Morgan fingerprint density at radius 3 is 3.00 bits per heavy atom. The van der Waals surface area contributed by atoms with Gasteiger partial charge >= 0.3 is 0 Å². The SMILES string of the molecule is CNC(Cc1c(F)cccc1Cl)C1CCc2cccnc21. The molecule has 0 saturated heterocycles. The molecule has 0 aliphatic heterocycles. The van der Waals surface area contributed by atoms with Gasteiger partial charge in [0.15, 0.2) is 0 Å². The van der Waals surface area contributed by atoms with E-state index in [4.69, 9.17) is 11.6 Å². The van der Waals surface area contributed by atoms with Gasteiger partial charge in [0.1, 0.15) is 5.82 Å². The van der Waals surface area contributed by atoms with Gasteiger partial charge in [-0.15, -0.1) is 0 Å². The lowest BCUT2D eigenvalue weighted by Crippen LogP contribution is -2.34. The molecule has 1 aliphatic rings. The molecule has 0 amide bonds. The van der Waals surface area contributed by atoms with Gasteiger partial charge in [-0.05, 0) is 50.1 Å². The van der Waals surface area contributed by atoms with E-state index in [-0.39, 0.29) is 11.9 Å². The fourth-order valence-electron chi connectivity index (χ4n) is 3.23. The maximum absolute atomic E-state index is 14.0. The summed E-state index contributed by atoms with van der Waals surface area (Å²) in [5.41, 5.74) is 3.04. The predicted molar refractivity (Wildman–Crippen MR) is 83.3 cm³/mol. The van der Waals surface area contributed by atoms with Crippen LogP contribution in [0.5, 0.6) is 0 Å². The van der Waals surface area contributed by atoms with E-state index < -0.39 is 0 Å². The topological polar surface area (TPSA) is 24.9 Å². The summed E-state index contributed by atoms with van der Waals surface area (Å²) < 4.78 is 14.0. The van der Waals surface area contributed by atoms with E-state index in [2.05, 4.69) is 16.4 Å². The van der Waals surface area contributed by atoms with Crippen molar-refractivity contribution in [3.05, 3.63) is 64.2 Å². The van der Waals surface area contributed by atoms with Crippen LogP contribution < -0.4 is 5.32 Å². The summed E-state index contributed by atoms with van der Waals surface area (Å²) in [4.78, 5) is 4.53. The largest absolute Gasteiger partial charge is 0.316 e. The van der Waals surface area contributed by atoms with Gasteiger partial charge in [0.2, 0.25) is 0 Å². The lowest BCUT2D eigenvalue weighted by atomic mass is 9.91. The first-order valence-electron chi connectivity index (χ1n) is 7.24. The Bertz CT molecular complexity index is 624. The maximum atomic E-state index is 14.0. The number of pyridine rings is 1. The fraction of sp³-hybridized carbons (Fsp3) is 0.353. The second-order valence-corrected chi connectivity index (χ2v) is 5.90. The van der Waals surface area contributed by atoms with E-state index in [0.717, 1.165) is 18.5 Å². The molecule has 1 aromatic carbocycles. The summed E-state index contributed by atoms with van der Waals surface area (Å²) in [6.07, 6.45) is 4.49. The third-order valence-corrected chi connectivity index (χ3v) is 4.70. The monoisotopic (exact) mass is 304 g/mol. The first-order valence-corrected chi connectivity index (χ1v) is 7.62. The molecule has 2 unspecified atom stereocenters. The number of nitrogens with zero attached hydrogens (tertiary/aromatic N) is 1. The summed E-state index contributed by atoms with van der Waals surface area (Å²) >= 11 is 6.15. The number of nitrogens with one attached hydrogen (secondary N) is 1. The minimum atomic E-state index is -0.234. The van der Waals surface area contributed by atoms with Gasteiger partial charge in [-0.25, -0.2) is 4.39 Å². The number of hydrogen-bond acceptors (Lipinski definition) is 2. The van der Waals surface area contributed by atoms with Crippen molar-refractivity contribution in [2.24, 2.45) is 0 Å². The summed E-state index contributed by atoms with van der Waals surface area (Å²) in [6.45, 7) is 0. The molecule has 21 heavy (non-hydrogen) atoms. The Balaban J connectivity index is 1.87. The summed E-state index contributed by atoms with van der Waals surface area (Å²) in [7, 11) is 1.92. The van der Waals surface area contributed by atoms with E-state index >= 15 is 0 Å². The molecule has 2 atom stereocenters. The molecule has 1 N–H and O–H groups in total. The zero-order valence-electron chi connectivity index (χ0n) is 11.9. The molecular weight excluding hydrogens is 287 g/mol. The van der Waals surface area contributed by atoms with Crippen molar-refractivity contribution in [3.63, 3.8) is 0 Å². The zero-order chi connectivity index (χ0) is 14.8. The Morgan fingerprint density at radius 2 is 2.24 bits per heavy atom. The standard InChI is InChI=1S/C17H18ClFN2/c1-20-16(10-13-14(18)5-2-6-15(13)19)12-8-7-11-4-3-9-21-17(11)12/h2-6,9,12,16,20H,7-8,10H2,1H3. The van der Waals surface area contributed by atoms with Crippen LogP contribution in [0.1, 0.15) is 29.2 Å². The van der Waals surface area contributed by atoms with Crippen LogP contribution in [0.15, 0.2) is 36.5 Å². The summed E-state index contributed by atoms with van der Waals surface area (Å²) in [5, 5.41) is 3.82. The third-order valence-electron chi connectivity index (χ3n) is 4.34. The van der Waals surface area contributed by atoms with Crippen LogP contribution >= 0.6 is 11.6 Å². The second-order valence-electron chi connectivity index (χ2n) is 5.49. The van der Waals surface area contributed by atoms with Crippen LogP contribution in [-0.4, -0.2) is 18.1 Å². The van der Waals surface area contributed by atoms with Gasteiger partial charge in [0.25, 0.3) is 0 Å². The number of benzene rings is 1. The van der Waals surface area contributed by atoms with Crippen molar-refractivity contribution in [1.29, 1.82) is 0 Å². The molecule has 2 aromatic rings. The highest BCUT2D eigenvalue weighted by Crippen LogP contribution is 2.35. The molecule has 0 radical (unpaired) electrons. The average Bonchev–Trinajstić information content (AvgIpc) is 2.91. The molecule has 0 fully saturated rings. The molecule has 0 bridgehead atoms. The van der Waals surface area contributed by atoms with Crippen LogP contribution in [0.2, 0.25) is 5.02 Å². The van der Waals surface area contributed by atoms with E-state index in [1.165, 1.54) is 11.6 Å². The highest BCUT2D eigenvalue weighted by Gasteiger charge is 2.31. The Hall–Kier alpha value is -1.45. The van der Waals surface area contributed by atoms with Crippen LogP contribution in [-0.2, 0) is 12.8 Å². The number of aryl methyl sites for hydroxylation is 1. The van der Waals surface area contributed by atoms with Crippen LogP contribution in [0.4, 0.5) is 4.39 Å². The van der Waals surface area contributed by atoms with Crippen molar-refractivity contribution in [3.8, 4) is 0 Å². The minimum Gasteiger partial charge on any atom is -0.316 e. The number of fused-ring (bicyclic) bond motifs is 1. The third kappa shape index (κ3) is 2.81. The number of halogens is 2. The number of likely N-dealkylation sites (N-methyl/N-ethyl adjacent to an activating group) is 1. The van der Waals surface area contributed by atoms with Gasteiger partial charge in [0, 0.05) is 34.4 Å². The first-order chi connectivity index (χ1) is 10.2. The Morgan fingerprint density at radius 1 is 1.38 bits per heavy atom. The smallest absolute Gasteiger partial charge is 0.127 e. The molecule has 4 heteroatoms. The van der Waals surface area contributed by atoms with Crippen molar-refractivity contribution in [2.45, 2.75) is 31.2 Å². The highest BCUT2D eigenvalue weighted by atomic mass is 35.5. The lowest BCUT2D eigenvalue weighted by molar-refractivity contribution is 0.443. The Kier molecular flexibility index (Phi) is 4.22. The number of rotatable bonds is 4. The summed E-state index contributed by atoms with van der Waals surface area (Å²) in [6, 6.07) is 9.09. The van der Waals surface area contributed by atoms with Crippen molar-refractivity contribution in [1.82, 2.24) is 10.3 Å². The number of aromatic nitrogens is 1. The molecule has 3 rings (SSSR count).